The Morgan fingerprint density at radius 3 is 2.38 bits per heavy atom. The molecule has 0 bridgehead atoms. The number of hydrogen-bond donors (Lipinski definition) is 1. The van der Waals surface area contributed by atoms with Crippen LogP contribution in [0.3, 0.4) is 0 Å². The minimum absolute atomic E-state index is 0.0369. The van der Waals surface area contributed by atoms with Crippen LogP contribution in [0.4, 0.5) is 11.4 Å². The van der Waals surface area contributed by atoms with Crippen molar-refractivity contribution in [1.29, 1.82) is 0 Å². The lowest BCUT2D eigenvalue weighted by atomic mass is 10.1. The maximum Gasteiger partial charge on any atom is 0.266 e. The molecule has 1 N–H and O–H groups in total. The first-order valence-electron chi connectivity index (χ1n) is 12.1. The van der Waals surface area contributed by atoms with Gasteiger partial charge in [-0.15, -0.1) is 0 Å². The van der Waals surface area contributed by atoms with Crippen LogP contribution in [0.15, 0.2) is 88.8 Å². The monoisotopic (exact) mass is 515 g/mol. The topological polar surface area (TPSA) is 80.2 Å². The predicted octanol–water partition coefficient (Wildman–Crippen LogP) is 6.12. The third-order valence-electron chi connectivity index (χ3n) is 5.32. The van der Waals surface area contributed by atoms with E-state index in [4.69, 9.17) is 14.5 Å². The highest BCUT2D eigenvalue weighted by Crippen LogP contribution is 2.37. The lowest BCUT2D eigenvalue weighted by Gasteiger charge is -2.19. The molecule has 2 amide bonds. The third kappa shape index (κ3) is 6.80. The molecule has 3 aromatic rings. The van der Waals surface area contributed by atoms with Gasteiger partial charge in [-0.3, -0.25) is 14.5 Å². The molecule has 1 aliphatic rings. The van der Waals surface area contributed by atoms with Gasteiger partial charge in [0.05, 0.1) is 17.2 Å². The zero-order chi connectivity index (χ0) is 26.2. The van der Waals surface area contributed by atoms with E-state index in [0.717, 1.165) is 11.3 Å². The Balaban J connectivity index is 1.52. The molecule has 1 heterocycles. The lowest BCUT2D eigenvalue weighted by molar-refractivity contribution is -0.123. The molecule has 0 saturated carbocycles. The summed E-state index contributed by atoms with van der Waals surface area (Å²) in [6.45, 7) is 6.08. The minimum Gasteiger partial charge on any atom is -0.490 e. The summed E-state index contributed by atoms with van der Waals surface area (Å²) in [5.74, 6) is 0.587. The molecular weight excluding hydrogens is 486 g/mol. The Labute approximate surface area is 221 Å². The zero-order valence-corrected chi connectivity index (χ0v) is 21.8. The van der Waals surface area contributed by atoms with Gasteiger partial charge in [0, 0.05) is 11.7 Å². The highest BCUT2D eigenvalue weighted by Gasteiger charge is 2.35. The van der Waals surface area contributed by atoms with Crippen molar-refractivity contribution in [1.82, 2.24) is 4.90 Å². The van der Waals surface area contributed by atoms with Gasteiger partial charge in [-0.25, -0.2) is 4.99 Å². The van der Waals surface area contributed by atoms with Gasteiger partial charge in [-0.1, -0.05) is 42.5 Å². The summed E-state index contributed by atoms with van der Waals surface area (Å²) in [5, 5.41) is 3.44. The van der Waals surface area contributed by atoms with Gasteiger partial charge in [-0.2, -0.15) is 0 Å². The smallest absolute Gasteiger partial charge is 0.266 e. The largest absolute Gasteiger partial charge is 0.490 e. The van der Waals surface area contributed by atoms with Crippen molar-refractivity contribution in [2.75, 3.05) is 18.5 Å². The zero-order valence-electron chi connectivity index (χ0n) is 21.0. The molecule has 1 fully saturated rings. The van der Waals surface area contributed by atoms with Crippen LogP contribution >= 0.6 is 11.8 Å². The van der Waals surface area contributed by atoms with E-state index in [-0.39, 0.29) is 24.5 Å². The highest BCUT2D eigenvalue weighted by atomic mass is 32.2. The Morgan fingerprint density at radius 2 is 1.70 bits per heavy atom. The second-order valence-electron chi connectivity index (χ2n) is 8.45. The Bertz CT molecular complexity index is 1310. The lowest BCUT2D eigenvalue weighted by Crippen LogP contribution is -2.35. The molecule has 0 radical (unpaired) electrons. The first-order chi connectivity index (χ1) is 17.9. The number of ether oxygens (including phenoxy) is 2. The van der Waals surface area contributed by atoms with E-state index >= 15 is 0 Å². The van der Waals surface area contributed by atoms with Gasteiger partial charge < -0.3 is 14.8 Å². The average molecular weight is 516 g/mol. The Kier molecular flexibility index (Phi) is 8.64. The van der Waals surface area contributed by atoms with E-state index in [9.17, 15) is 9.59 Å². The van der Waals surface area contributed by atoms with Crippen molar-refractivity contribution >= 4 is 46.2 Å². The summed E-state index contributed by atoms with van der Waals surface area (Å²) in [5.41, 5.74) is 2.28. The van der Waals surface area contributed by atoms with E-state index < -0.39 is 0 Å². The fourth-order valence-corrected chi connectivity index (χ4v) is 4.77. The molecule has 0 spiro atoms. The number of thioether (sulfide) groups is 1. The molecule has 37 heavy (non-hydrogen) atoms. The summed E-state index contributed by atoms with van der Waals surface area (Å²) in [4.78, 5) is 32.5. The summed E-state index contributed by atoms with van der Waals surface area (Å²) in [6, 6.07) is 24.1. The van der Waals surface area contributed by atoms with Gasteiger partial charge in [0.15, 0.2) is 23.3 Å². The van der Waals surface area contributed by atoms with Gasteiger partial charge in [0.2, 0.25) is 0 Å². The first-order valence-corrected chi connectivity index (χ1v) is 12.9. The van der Waals surface area contributed by atoms with Crippen LogP contribution in [-0.4, -0.2) is 41.1 Å². The van der Waals surface area contributed by atoms with Crippen LogP contribution in [0, 0.1) is 0 Å². The second-order valence-corrected chi connectivity index (χ2v) is 9.46. The van der Waals surface area contributed by atoms with Crippen LogP contribution in [0.5, 0.6) is 11.5 Å². The molecule has 0 aromatic heterocycles. The number of nitrogens with zero attached hydrogens (tertiary/aromatic N) is 2. The fraction of sp³-hybridized carbons (Fsp3) is 0.207. The van der Waals surface area contributed by atoms with Crippen LogP contribution in [0.2, 0.25) is 0 Å². The standard InChI is InChI=1S/C29H29N3O4S/c1-4-35-25-17-21(15-16-24(25)36-19-27(33)30-22-11-7-5-8-12-22)18-26-28(34)32(20(2)3)29(37-26)31-23-13-9-6-10-14-23/h5-18,20H,4,19H2,1-3H3,(H,30,33)/b26-18+,31-29?. The average Bonchev–Trinajstić information content (AvgIpc) is 3.19. The van der Waals surface area contributed by atoms with Crippen LogP contribution < -0.4 is 14.8 Å². The van der Waals surface area contributed by atoms with Crippen molar-refractivity contribution < 1.29 is 19.1 Å². The number of benzene rings is 3. The van der Waals surface area contributed by atoms with Crippen LogP contribution in [0.25, 0.3) is 6.08 Å². The van der Waals surface area contributed by atoms with Gasteiger partial charge in [0.25, 0.3) is 11.8 Å². The van der Waals surface area contributed by atoms with E-state index in [1.165, 1.54) is 11.8 Å². The molecule has 0 aliphatic carbocycles. The van der Waals surface area contributed by atoms with Crippen molar-refractivity contribution in [3.8, 4) is 11.5 Å². The number of para-hydroxylation sites is 2. The second kappa shape index (κ2) is 12.3. The summed E-state index contributed by atoms with van der Waals surface area (Å²) in [6.07, 6.45) is 1.82. The van der Waals surface area contributed by atoms with E-state index in [1.54, 1.807) is 17.0 Å². The van der Waals surface area contributed by atoms with Gasteiger partial charge in [-0.05, 0) is 80.6 Å². The molecular formula is C29H29N3O4S. The number of rotatable bonds is 9. The van der Waals surface area contributed by atoms with Crippen LogP contribution in [0.1, 0.15) is 26.3 Å². The number of amides is 2. The summed E-state index contributed by atoms with van der Waals surface area (Å²) < 4.78 is 11.5. The molecule has 190 valence electrons. The fourth-order valence-electron chi connectivity index (χ4n) is 3.65. The van der Waals surface area contributed by atoms with E-state index in [0.29, 0.717) is 33.9 Å². The third-order valence-corrected chi connectivity index (χ3v) is 6.30. The summed E-state index contributed by atoms with van der Waals surface area (Å²) in [7, 11) is 0. The van der Waals surface area contributed by atoms with Crippen molar-refractivity contribution in [2.24, 2.45) is 4.99 Å². The van der Waals surface area contributed by atoms with Crippen molar-refractivity contribution in [2.45, 2.75) is 26.8 Å². The maximum atomic E-state index is 13.2. The molecule has 7 nitrogen and oxygen atoms in total. The normalized spacial score (nSPS) is 15.5. The number of hydrogen-bond acceptors (Lipinski definition) is 6. The molecule has 3 aromatic carbocycles. The number of anilines is 1. The summed E-state index contributed by atoms with van der Waals surface area (Å²) >= 11 is 1.35. The van der Waals surface area contributed by atoms with Crippen molar-refractivity contribution in [3.63, 3.8) is 0 Å². The Hall–Kier alpha value is -4.04. The molecule has 0 atom stereocenters. The molecule has 1 aliphatic heterocycles. The van der Waals surface area contributed by atoms with E-state index in [1.807, 2.05) is 93.6 Å². The molecule has 0 unspecified atom stereocenters. The SMILES string of the molecule is CCOc1cc(/C=C2/SC(=Nc3ccccc3)N(C(C)C)C2=O)ccc1OCC(=O)Nc1ccccc1. The molecule has 4 rings (SSSR count). The van der Waals surface area contributed by atoms with Gasteiger partial charge in [0.1, 0.15) is 0 Å². The number of amidine groups is 1. The first kappa shape index (κ1) is 26.0. The predicted molar refractivity (Wildman–Crippen MR) is 149 cm³/mol. The maximum absolute atomic E-state index is 13.2. The van der Waals surface area contributed by atoms with Gasteiger partial charge >= 0.3 is 0 Å². The highest BCUT2D eigenvalue weighted by molar-refractivity contribution is 8.18. The van der Waals surface area contributed by atoms with Crippen molar-refractivity contribution in [3.05, 3.63) is 89.3 Å². The van der Waals surface area contributed by atoms with E-state index in [2.05, 4.69) is 5.32 Å². The van der Waals surface area contributed by atoms with Crippen LogP contribution in [-0.2, 0) is 9.59 Å². The quantitative estimate of drug-likeness (QED) is 0.348. The number of aliphatic imine (C=N–C) groups is 1. The number of carbonyl (C=O) groups excluding carboxylic acids is 2. The number of nitrogens with one attached hydrogen (secondary N) is 1. The minimum atomic E-state index is -0.271. The number of carbonyl (C=O) groups is 2. The molecule has 8 heteroatoms. The molecule has 1 saturated heterocycles. The Morgan fingerprint density at radius 1 is 1.00 bits per heavy atom.